The average Bonchev–Trinajstić information content (AvgIpc) is 2.77. The molecular formula is C26H34O5S. The summed E-state index contributed by atoms with van der Waals surface area (Å²) in [6.07, 6.45) is 7.51. The van der Waals surface area contributed by atoms with Gasteiger partial charge in [-0.2, -0.15) is 0 Å². The molecule has 3 N–H and O–H groups in total. The molecule has 2 rings (SSSR count). The summed E-state index contributed by atoms with van der Waals surface area (Å²) in [6, 6.07) is 16.2. The Hall–Kier alpha value is -2.31. The van der Waals surface area contributed by atoms with Gasteiger partial charge in [0, 0.05) is 17.1 Å². The number of aliphatic hydroxyl groups is 1. The van der Waals surface area contributed by atoms with Gasteiger partial charge < -0.3 is 15.3 Å². The first-order chi connectivity index (χ1) is 15.5. The lowest BCUT2D eigenvalue weighted by Gasteiger charge is -2.16. The second kappa shape index (κ2) is 14.7. The topological polar surface area (TPSA) is 94.8 Å². The first-order valence-electron chi connectivity index (χ1n) is 11.4. The molecule has 2 aromatic rings. The second-order valence-corrected chi connectivity index (χ2v) is 9.19. The summed E-state index contributed by atoms with van der Waals surface area (Å²) in [4.78, 5) is 22.9. The zero-order valence-corrected chi connectivity index (χ0v) is 19.4. The van der Waals surface area contributed by atoms with Gasteiger partial charge in [-0.15, -0.1) is 11.8 Å². The van der Waals surface area contributed by atoms with E-state index in [1.807, 2.05) is 24.3 Å². The summed E-state index contributed by atoms with van der Waals surface area (Å²) in [5, 5.41) is 27.8. The van der Waals surface area contributed by atoms with Crippen molar-refractivity contribution in [1.29, 1.82) is 0 Å². The summed E-state index contributed by atoms with van der Waals surface area (Å²) in [5.41, 5.74) is 3.27. The number of unbranched alkanes of at least 4 members (excludes halogenated alkanes) is 5. The van der Waals surface area contributed by atoms with Crippen LogP contribution < -0.4 is 0 Å². The Kier molecular flexibility index (Phi) is 11.9. The van der Waals surface area contributed by atoms with E-state index in [4.69, 9.17) is 10.2 Å². The van der Waals surface area contributed by atoms with Gasteiger partial charge in [0.15, 0.2) is 6.10 Å². The molecular weight excluding hydrogens is 424 g/mol. The van der Waals surface area contributed by atoms with Crippen molar-refractivity contribution in [2.45, 2.75) is 75.2 Å². The average molecular weight is 459 g/mol. The number of benzene rings is 2. The van der Waals surface area contributed by atoms with Crippen LogP contribution in [-0.4, -0.2) is 39.1 Å². The van der Waals surface area contributed by atoms with Crippen LogP contribution in [0, 0.1) is 0 Å². The standard InChI is InChI=1S/C26H34O5S/c27-23(26(30)31)19-21-14-10-16-24(32-18-17-25(28)29)22(21)15-9-4-2-1-3-6-11-20-12-7-5-8-13-20/h5,7-8,10,12-14,16,23,27H,1-4,6,9,11,15,17-19H2,(H,28,29)(H,30,31). The van der Waals surface area contributed by atoms with E-state index in [1.165, 1.54) is 36.6 Å². The molecule has 0 aliphatic heterocycles. The van der Waals surface area contributed by atoms with Crippen LogP contribution in [0.25, 0.3) is 0 Å². The predicted molar refractivity (Wildman–Crippen MR) is 128 cm³/mol. The molecule has 0 aliphatic rings. The van der Waals surface area contributed by atoms with Gasteiger partial charge in [0.1, 0.15) is 0 Å². The van der Waals surface area contributed by atoms with Crippen molar-refractivity contribution in [3.63, 3.8) is 0 Å². The Labute approximate surface area is 194 Å². The van der Waals surface area contributed by atoms with Gasteiger partial charge in [-0.1, -0.05) is 68.1 Å². The van der Waals surface area contributed by atoms with Crippen molar-refractivity contribution >= 4 is 23.7 Å². The zero-order chi connectivity index (χ0) is 23.2. The van der Waals surface area contributed by atoms with Gasteiger partial charge in [-0.05, 0) is 48.4 Å². The number of carboxylic acids is 2. The quantitative estimate of drug-likeness (QED) is 0.231. The van der Waals surface area contributed by atoms with E-state index < -0.39 is 18.0 Å². The van der Waals surface area contributed by atoms with Crippen LogP contribution in [0.1, 0.15) is 61.6 Å². The van der Waals surface area contributed by atoms with E-state index in [2.05, 4.69) is 24.3 Å². The Morgan fingerprint density at radius 2 is 1.47 bits per heavy atom. The number of aliphatic carboxylic acids is 2. The Morgan fingerprint density at radius 3 is 2.12 bits per heavy atom. The Bertz CT molecular complexity index is 837. The van der Waals surface area contributed by atoms with Gasteiger partial charge in [-0.25, -0.2) is 4.79 Å². The normalized spacial score (nSPS) is 11.9. The van der Waals surface area contributed by atoms with Gasteiger partial charge in [0.25, 0.3) is 0 Å². The molecule has 5 nitrogen and oxygen atoms in total. The van der Waals surface area contributed by atoms with Crippen LogP contribution in [0.3, 0.4) is 0 Å². The molecule has 0 spiro atoms. The monoisotopic (exact) mass is 458 g/mol. The second-order valence-electron chi connectivity index (χ2n) is 8.05. The lowest BCUT2D eigenvalue weighted by molar-refractivity contribution is -0.146. The lowest BCUT2D eigenvalue weighted by Crippen LogP contribution is -2.22. The van der Waals surface area contributed by atoms with E-state index in [-0.39, 0.29) is 12.8 Å². The molecule has 0 aliphatic carbocycles. The SMILES string of the molecule is O=C(O)CCSc1cccc(CC(O)C(=O)O)c1CCCCCCCCc1ccccc1. The maximum atomic E-state index is 11.1. The van der Waals surface area contributed by atoms with Crippen LogP contribution in [0.5, 0.6) is 0 Å². The van der Waals surface area contributed by atoms with Crippen LogP contribution >= 0.6 is 11.8 Å². The highest BCUT2D eigenvalue weighted by Crippen LogP contribution is 2.29. The maximum Gasteiger partial charge on any atom is 0.332 e. The van der Waals surface area contributed by atoms with E-state index >= 15 is 0 Å². The van der Waals surface area contributed by atoms with Crippen LogP contribution in [0.2, 0.25) is 0 Å². The van der Waals surface area contributed by atoms with Gasteiger partial charge in [0.2, 0.25) is 0 Å². The number of aryl methyl sites for hydroxylation is 1. The third-order valence-corrected chi connectivity index (χ3v) is 6.59. The van der Waals surface area contributed by atoms with Crippen molar-refractivity contribution in [3.8, 4) is 0 Å². The molecule has 1 unspecified atom stereocenters. The third-order valence-electron chi connectivity index (χ3n) is 5.49. The summed E-state index contributed by atoms with van der Waals surface area (Å²) in [5.74, 6) is -1.59. The first-order valence-corrected chi connectivity index (χ1v) is 12.4. The van der Waals surface area contributed by atoms with Crippen molar-refractivity contribution in [2.75, 3.05) is 5.75 Å². The molecule has 0 aromatic heterocycles. The molecule has 0 fully saturated rings. The highest BCUT2D eigenvalue weighted by Gasteiger charge is 2.17. The summed E-state index contributed by atoms with van der Waals surface area (Å²) < 4.78 is 0. The largest absolute Gasteiger partial charge is 0.481 e. The summed E-state index contributed by atoms with van der Waals surface area (Å²) in [7, 11) is 0. The molecule has 0 heterocycles. The van der Waals surface area contributed by atoms with Gasteiger partial charge >= 0.3 is 11.9 Å². The van der Waals surface area contributed by atoms with E-state index in [9.17, 15) is 14.7 Å². The minimum atomic E-state index is -1.43. The lowest BCUT2D eigenvalue weighted by atomic mass is 9.96. The van der Waals surface area contributed by atoms with Crippen LogP contribution in [-0.2, 0) is 28.9 Å². The predicted octanol–water partition coefficient (Wildman–Crippen LogP) is 5.37. The van der Waals surface area contributed by atoms with Crippen LogP contribution in [0.4, 0.5) is 0 Å². The highest BCUT2D eigenvalue weighted by molar-refractivity contribution is 7.99. The van der Waals surface area contributed by atoms with Gasteiger partial charge in [0.05, 0.1) is 6.42 Å². The smallest absolute Gasteiger partial charge is 0.332 e. The molecule has 6 heteroatoms. The zero-order valence-electron chi connectivity index (χ0n) is 18.5. The molecule has 0 amide bonds. The van der Waals surface area contributed by atoms with Crippen molar-refractivity contribution in [2.24, 2.45) is 0 Å². The number of thioether (sulfide) groups is 1. The molecule has 174 valence electrons. The van der Waals surface area contributed by atoms with Crippen molar-refractivity contribution in [3.05, 3.63) is 65.2 Å². The highest BCUT2D eigenvalue weighted by atomic mass is 32.2. The summed E-state index contributed by atoms with van der Waals surface area (Å²) in [6.45, 7) is 0. The fourth-order valence-corrected chi connectivity index (χ4v) is 4.83. The van der Waals surface area contributed by atoms with Crippen LogP contribution in [0.15, 0.2) is 53.4 Å². The van der Waals surface area contributed by atoms with E-state index in [0.29, 0.717) is 5.75 Å². The van der Waals surface area contributed by atoms with Crippen molar-refractivity contribution < 1.29 is 24.9 Å². The number of rotatable bonds is 16. The van der Waals surface area contributed by atoms with Crippen molar-refractivity contribution in [1.82, 2.24) is 0 Å². The summed E-state index contributed by atoms with van der Waals surface area (Å²) >= 11 is 1.49. The molecule has 2 aromatic carbocycles. The third kappa shape index (κ3) is 9.88. The van der Waals surface area contributed by atoms with E-state index in [0.717, 1.165) is 48.1 Å². The van der Waals surface area contributed by atoms with E-state index in [1.54, 1.807) is 0 Å². The Balaban J connectivity index is 1.82. The number of aliphatic hydroxyl groups excluding tert-OH is 1. The number of hydrogen-bond donors (Lipinski definition) is 3. The Morgan fingerprint density at radius 1 is 0.812 bits per heavy atom. The number of carbonyl (C=O) groups is 2. The molecule has 0 saturated heterocycles. The fraction of sp³-hybridized carbons (Fsp3) is 0.462. The minimum absolute atomic E-state index is 0.0669. The first kappa shape index (κ1) is 25.9. The number of carboxylic acid groups (broad SMARTS) is 2. The fourth-order valence-electron chi connectivity index (χ4n) is 3.75. The number of hydrogen-bond acceptors (Lipinski definition) is 4. The molecule has 0 saturated carbocycles. The molecule has 0 radical (unpaired) electrons. The van der Waals surface area contributed by atoms with Gasteiger partial charge in [-0.3, -0.25) is 4.79 Å². The molecule has 32 heavy (non-hydrogen) atoms. The molecule has 1 atom stereocenters. The maximum absolute atomic E-state index is 11.1. The minimum Gasteiger partial charge on any atom is -0.481 e. The molecule has 0 bridgehead atoms.